The second-order valence-corrected chi connectivity index (χ2v) is 3.72. The fourth-order valence-electron chi connectivity index (χ4n) is 1.36. The van der Waals surface area contributed by atoms with Crippen LogP contribution in [0.4, 0.5) is 5.69 Å². The van der Waals surface area contributed by atoms with Crippen molar-refractivity contribution in [3.8, 4) is 0 Å². The number of hydrogen-bond donors (Lipinski definition) is 3. The summed E-state index contributed by atoms with van der Waals surface area (Å²) in [5.41, 5.74) is 7.10. The van der Waals surface area contributed by atoms with E-state index in [1.165, 1.54) is 0 Å². The van der Waals surface area contributed by atoms with Gasteiger partial charge in [0, 0.05) is 30.4 Å². The summed E-state index contributed by atoms with van der Waals surface area (Å²) < 4.78 is 0. The molecule has 0 saturated heterocycles. The van der Waals surface area contributed by atoms with Gasteiger partial charge in [-0.25, -0.2) is 0 Å². The van der Waals surface area contributed by atoms with Crippen molar-refractivity contribution >= 4 is 11.6 Å². The van der Waals surface area contributed by atoms with E-state index in [0.29, 0.717) is 18.7 Å². The maximum absolute atomic E-state index is 11.6. The van der Waals surface area contributed by atoms with Gasteiger partial charge in [0.05, 0.1) is 0 Å². The lowest BCUT2D eigenvalue weighted by atomic mass is 10.1. The van der Waals surface area contributed by atoms with Gasteiger partial charge < -0.3 is 16.4 Å². The monoisotopic (exact) mass is 221 g/mol. The molecule has 0 aliphatic carbocycles. The van der Waals surface area contributed by atoms with E-state index in [1.54, 1.807) is 6.07 Å². The molecule has 0 heterocycles. The summed E-state index contributed by atoms with van der Waals surface area (Å²) in [4.78, 5) is 11.6. The van der Waals surface area contributed by atoms with Gasteiger partial charge in [-0.2, -0.15) is 0 Å². The molecule has 0 fully saturated rings. The Morgan fingerprint density at radius 1 is 1.50 bits per heavy atom. The average Bonchev–Trinajstić information content (AvgIpc) is 2.29. The van der Waals surface area contributed by atoms with Crippen LogP contribution in [-0.4, -0.2) is 25.0 Å². The fourth-order valence-corrected chi connectivity index (χ4v) is 1.36. The van der Waals surface area contributed by atoms with E-state index < -0.39 is 0 Å². The van der Waals surface area contributed by atoms with Gasteiger partial charge in [0.1, 0.15) is 0 Å². The first kappa shape index (κ1) is 12.5. The third-order valence-electron chi connectivity index (χ3n) is 2.23. The number of carbonyl (C=O) groups excluding carboxylic acids is 1. The zero-order valence-corrected chi connectivity index (χ0v) is 9.79. The SMILES string of the molecule is CCNC(=O)c1cccc(NC(C)CN)c1. The van der Waals surface area contributed by atoms with Gasteiger partial charge in [-0.05, 0) is 32.0 Å². The molecule has 0 bridgehead atoms. The van der Waals surface area contributed by atoms with E-state index in [4.69, 9.17) is 5.73 Å². The van der Waals surface area contributed by atoms with Crippen molar-refractivity contribution in [3.63, 3.8) is 0 Å². The summed E-state index contributed by atoms with van der Waals surface area (Å²) in [6.45, 7) is 5.09. The van der Waals surface area contributed by atoms with Crippen molar-refractivity contribution < 1.29 is 4.79 Å². The van der Waals surface area contributed by atoms with Crippen molar-refractivity contribution in [2.75, 3.05) is 18.4 Å². The Balaban J connectivity index is 2.74. The lowest BCUT2D eigenvalue weighted by Gasteiger charge is -2.13. The molecule has 0 radical (unpaired) electrons. The van der Waals surface area contributed by atoms with E-state index in [2.05, 4.69) is 10.6 Å². The molecule has 1 unspecified atom stereocenters. The lowest BCUT2D eigenvalue weighted by molar-refractivity contribution is 0.0956. The zero-order chi connectivity index (χ0) is 12.0. The van der Waals surface area contributed by atoms with Gasteiger partial charge in [0.25, 0.3) is 5.91 Å². The van der Waals surface area contributed by atoms with Crippen LogP contribution in [0.1, 0.15) is 24.2 Å². The third-order valence-corrected chi connectivity index (χ3v) is 2.23. The second kappa shape index (κ2) is 6.12. The predicted molar refractivity (Wildman–Crippen MR) is 66.6 cm³/mol. The highest BCUT2D eigenvalue weighted by Gasteiger charge is 2.05. The maximum atomic E-state index is 11.6. The van der Waals surface area contributed by atoms with E-state index >= 15 is 0 Å². The van der Waals surface area contributed by atoms with E-state index in [-0.39, 0.29) is 11.9 Å². The van der Waals surface area contributed by atoms with Crippen LogP contribution in [0.5, 0.6) is 0 Å². The largest absolute Gasteiger partial charge is 0.381 e. The molecular weight excluding hydrogens is 202 g/mol. The Hall–Kier alpha value is -1.55. The van der Waals surface area contributed by atoms with Crippen molar-refractivity contribution in [3.05, 3.63) is 29.8 Å². The summed E-state index contributed by atoms with van der Waals surface area (Å²) in [6, 6.07) is 7.61. The van der Waals surface area contributed by atoms with Crippen molar-refractivity contribution in [2.24, 2.45) is 5.73 Å². The highest BCUT2D eigenvalue weighted by Crippen LogP contribution is 2.11. The van der Waals surface area contributed by atoms with Gasteiger partial charge >= 0.3 is 0 Å². The molecule has 0 aliphatic rings. The highest BCUT2D eigenvalue weighted by molar-refractivity contribution is 5.95. The molecule has 0 aliphatic heterocycles. The van der Waals surface area contributed by atoms with E-state index in [9.17, 15) is 4.79 Å². The fraction of sp³-hybridized carbons (Fsp3) is 0.417. The predicted octanol–water partition coefficient (Wildman–Crippen LogP) is 1.20. The molecule has 16 heavy (non-hydrogen) atoms. The van der Waals surface area contributed by atoms with Crippen LogP contribution in [-0.2, 0) is 0 Å². The molecular formula is C12H19N3O. The van der Waals surface area contributed by atoms with Gasteiger partial charge in [0.2, 0.25) is 0 Å². The minimum atomic E-state index is -0.0495. The highest BCUT2D eigenvalue weighted by atomic mass is 16.1. The van der Waals surface area contributed by atoms with Crippen molar-refractivity contribution in [1.82, 2.24) is 5.32 Å². The Kier molecular flexibility index (Phi) is 4.79. The third kappa shape index (κ3) is 3.55. The quantitative estimate of drug-likeness (QED) is 0.699. The van der Waals surface area contributed by atoms with Crippen LogP contribution < -0.4 is 16.4 Å². The van der Waals surface area contributed by atoms with Crippen LogP contribution >= 0.6 is 0 Å². The van der Waals surface area contributed by atoms with Crippen LogP contribution in [0.25, 0.3) is 0 Å². The van der Waals surface area contributed by atoms with Gasteiger partial charge in [0.15, 0.2) is 0 Å². The molecule has 1 aromatic rings. The molecule has 1 atom stereocenters. The zero-order valence-electron chi connectivity index (χ0n) is 9.79. The minimum absolute atomic E-state index is 0.0495. The Morgan fingerprint density at radius 2 is 2.25 bits per heavy atom. The molecule has 1 rings (SSSR count). The van der Waals surface area contributed by atoms with E-state index in [0.717, 1.165) is 5.69 Å². The number of nitrogens with two attached hydrogens (primary N) is 1. The molecule has 0 saturated carbocycles. The summed E-state index contributed by atoms with van der Waals surface area (Å²) in [7, 11) is 0. The number of anilines is 1. The number of benzene rings is 1. The Bertz CT molecular complexity index is 352. The Labute approximate surface area is 96.2 Å². The Morgan fingerprint density at radius 3 is 2.88 bits per heavy atom. The van der Waals surface area contributed by atoms with Crippen LogP contribution in [0.3, 0.4) is 0 Å². The molecule has 4 N–H and O–H groups in total. The molecule has 0 spiro atoms. The summed E-state index contributed by atoms with van der Waals surface area (Å²) >= 11 is 0. The topological polar surface area (TPSA) is 67.2 Å². The minimum Gasteiger partial charge on any atom is -0.381 e. The van der Waals surface area contributed by atoms with Gasteiger partial charge in [-0.15, -0.1) is 0 Å². The van der Waals surface area contributed by atoms with Crippen LogP contribution in [0, 0.1) is 0 Å². The average molecular weight is 221 g/mol. The molecule has 4 heteroatoms. The molecule has 1 aromatic carbocycles. The first-order chi connectivity index (χ1) is 7.67. The number of carbonyl (C=O) groups is 1. The van der Waals surface area contributed by atoms with E-state index in [1.807, 2.05) is 32.0 Å². The van der Waals surface area contributed by atoms with Gasteiger partial charge in [-0.1, -0.05) is 6.07 Å². The first-order valence-corrected chi connectivity index (χ1v) is 5.52. The van der Waals surface area contributed by atoms with Crippen molar-refractivity contribution in [2.45, 2.75) is 19.9 Å². The second-order valence-electron chi connectivity index (χ2n) is 3.72. The maximum Gasteiger partial charge on any atom is 0.251 e. The van der Waals surface area contributed by atoms with Crippen LogP contribution in [0.2, 0.25) is 0 Å². The summed E-state index contributed by atoms with van der Waals surface area (Å²) in [6.07, 6.45) is 0. The van der Waals surface area contributed by atoms with Gasteiger partial charge in [-0.3, -0.25) is 4.79 Å². The number of rotatable bonds is 5. The number of nitrogens with one attached hydrogen (secondary N) is 2. The smallest absolute Gasteiger partial charge is 0.251 e. The molecule has 88 valence electrons. The number of amides is 1. The molecule has 1 amide bonds. The first-order valence-electron chi connectivity index (χ1n) is 5.52. The normalized spacial score (nSPS) is 11.9. The van der Waals surface area contributed by atoms with Crippen LogP contribution in [0.15, 0.2) is 24.3 Å². The van der Waals surface area contributed by atoms with Crippen molar-refractivity contribution in [1.29, 1.82) is 0 Å². The summed E-state index contributed by atoms with van der Waals surface area (Å²) in [5, 5.41) is 5.99. The number of hydrogen-bond acceptors (Lipinski definition) is 3. The lowest BCUT2D eigenvalue weighted by Crippen LogP contribution is -2.26. The standard InChI is InChI=1S/C12H19N3O/c1-3-14-12(16)10-5-4-6-11(7-10)15-9(2)8-13/h4-7,9,15H,3,8,13H2,1-2H3,(H,14,16). The molecule has 4 nitrogen and oxygen atoms in total. The molecule has 0 aromatic heterocycles. The summed E-state index contributed by atoms with van der Waals surface area (Å²) in [5.74, 6) is -0.0495.